The van der Waals surface area contributed by atoms with E-state index < -0.39 is 0 Å². The normalized spacial score (nSPS) is 21.3. The van der Waals surface area contributed by atoms with E-state index in [9.17, 15) is 4.79 Å². The van der Waals surface area contributed by atoms with Crippen molar-refractivity contribution in [3.8, 4) is 0 Å². The SMILES string of the molecule is C=CCN1C(=O)CSC1=NO. The highest BCUT2D eigenvalue weighted by Gasteiger charge is 2.27. The van der Waals surface area contributed by atoms with Crippen LogP contribution in [0.4, 0.5) is 0 Å². The Kier molecular flexibility index (Phi) is 2.53. The average molecular weight is 172 g/mol. The van der Waals surface area contributed by atoms with Crippen LogP contribution in [0.2, 0.25) is 0 Å². The first kappa shape index (κ1) is 8.13. The summed E-state index contributed by atoms with van der Waals surface area (Å²) in [6, 6.07) is 0. The first-order valence-corrected chi connectivity index (χ1v) is 4.04. The van der Waals surface area contributed by atoms with Crippen molar-refractivity contribution in [1.29, 1.82) is 0 Å². The molecule has 0 unspecified atom stereocenters. The Morgan fingerprint density at radius 1 is 1.91 bits per heavy atom. The molecule has 11 heavy (non-hydrogen) atoms. The lowest BCUT2D eigenvalue weighted by atomic mass is 10.5. The average Bonchev–Trinajstić information content (AvgIpc) is 2.34. The number of oxime groups is 1. The summed E-state index contributed by atoms with van der Waals surface area (Å²) in [7, 11) is 0. The van der Waals surface area contributed by atoms with Crippen LogP contribution in [0.1, 0.15) is 0 Å². The van der Waals surface area contributed by atoms with E-state index in [1.54, 1.807) is 6.08 Å². The molecule has 0 saturated carbocycles. The molecule has 1 saturated heterocycles. The van der Waals surface area contributed by atoms with Gasteiger partial charge >= 0.3 is 0 Å². The molecule has 0 aromatic heterocycles. The van der Waals surface area contributed by atoms with Gasteiger partial charge in [0.1, 0.15) is 0 Å². The number of hydrogen-bond acceptors (Lipinski definition) is 4. The maximum atomic E-state index is 11.0. The van der Waals surface area contributed by atoms with E-state index in [2.05, 4.69) is 11.7 Å². The van der Waals surface area contributed by atoms with Crippen molar-refractivity contribution < 1.29 is 10.0 Å². The fourth-order valence-electron chi connectivity index (χ4n) is 0.781. The van der Waals surface area contributed by atoms with Crippen molar-refractivity contribution in [2.45, 2.75) is 0 Å². The van der Waals surface area contributed by atoms with Crippen molar-refractivity contribution in [3.05, 3.63) is 12.7 Å². The van der Waals surface area contributed by atoms with Gasteiger partial charge in [-0.2, -0.15) is 0 Å². The number of amidine groups is 1. The highest BCUT2D eigenvalue weighted by atomic mass is 32.2. The third-order valence-electron chi connectivity index (χ3n) is 1.25. The zero-order chi connectivity index (χ0) is 8.27. The van der Waals surface area contributed by atoms with Crippen LogP contribution in [0.3, 0.4) is 0 Å². The molecule has 1 amide bonds. The van der Waals surface area contributed by atoms with E-state index in [1.807, 2.05) is 0 Å². The van der Waals surface area contributed by atoms with Crippen molar-refractivity contribution in [3.63, 3.8) is 0 Å². The topological polar surface area (TPSA) is 52.9 Å². The molecule has 1 heterocycles. The zero-order valence-electron chi connectivity index (χ0n) is 5.86. The summed E-state index contributed by atoms with van der Waals surface area (Å²) in [5.41, 5.74) is 0. The van der Waals surface area contributed by atoms with Crippen LogP contribution in [0.25, 0.3) is 0 Å². The standard InChI is InChI=1S/C6H8N2O2S/c1-2-3-8-5(9)4-11-6(8)7-10/h2,10H,1,3-4H2. The quantitative estimate of drug-likeness (QED) is 0.375. The molecule has 0 aromatic carbocycles. The molecule has 5 heteroatoms. The van der Waals surface area contributed by atoms with Crippen molar-refractivity contribution in [2.75, 3.05) is 12.3 Å². The Labute approximate surface area is 68.6 Å². The van der Waals surface area contributed by atoms with Gasteiger partial charge in [-0.1, -0.05) is 23.0 Å². The number of nitrogens with zero attached hydrogens (tertiary/aromatic N) is 2. The molecule has 1 aliphatic heterocycles. The molecular formula is C6H8N2O2S. The molecule has 1 rings (SSSR count). The number of rotatable bonds is 2. The van der Waals surface area contributed by atoms with Gasteiger partial charge in [-0.25, -0.2) is 0 Å². The van der Waals surface area contributed by atoms with E-state index in [4.69, 9.17) is 5.21 Å². The first-order chi connectivity index (χ1) is 5.29. The summed E-state index contributed by atoms with van der Waals surface area (Å²) in [6.45, 7) is 3.90. The number of carbonyl (C=O) groups excluding carboxylic acids is 1. The minimum absolute atomic E-state index is 0.0392. The molecule has 0 spiro atoms. The summed E-state index contributed by atoms with van der Waals surface area (Å²) in [5.74, 6) is 0.315. The fourth-order valence-corrected chi connectivity index (χ4v) is 1.58. The Morgan fingerprint density at radius 3 is 3.18 bits per heavy atom. The van der Waals surface area contributed by atoms with Gasteiger partial charge in [0.15, 0.2) is 0 Å². The van der Waals surface area contributed by atoms with Crippen LogP contribution in [0.15, 0.2) is 17.8 Å². The lowest BCUT2D eigenvalue weighted by Crippen LogP contribution is -2.29. The van der Waals surface area contributed by atoms with Gasteiger partial charge in [-0.3, -0.25) is 9.69 Å². The summed E-state index contributed by atoms with van der Waals surface area (Å²) in [4.78, 5) is 12.4. The third kappa shape index (κ3) is 1.54. The van der Waals surface area contributed by atoms with Gasteiger partial charge in [0, 0.05) is 6.54 Å². The maximum absolute atomic E-state index is 11.0. The van der Waals surface area contributed by atoms with Gasteiger partial charge in [0.2, 0.25) is 11.1 Å². The van der Waals surface area contributed by atoms with Crippen LogP contribution in [0, 0.1) is 0 Å². The highest BCUT2D eigenvalue weighted by molar-refractivity contribution is 8.15. The molecule has 1 aliphatic rings. The van der Waals surface area contributed by atoms with Crippen LogP contribution in [-0.4, -0.2) is 33.5 Å². The van der Waals surface area contributed by atoms with Crippen molar-refractivity contribution in [2.24, 2.45) is 5.16 Å². The number of amides is 1. The number of thioether (sulfide) groups is 1. The van der Waals surface area contributed by atoms with E-state index >= 15 is 0 Å². The van der Waals surface area contributed by atoms with E-state index in [0.29, 0.717) is 17.5 Å². The van der Waals surface area contributed by atoms with Crippen LogP contribution in [-0.2, 0) is 4.79 Å². The minimum atomic E-state index is -0.0392. The molecular weight excluding hydrogens is 164 g/mol. The largest absolute Gasteiger partial charge is 0.409 e. The molecule has 1 N–H and O–H groups in total. The monoisotopic (exact) mass is 172 g/mol. The van der Waals surface area contributed by atoms with Crippen LogP contribution in [0.5, 0.6) is 0 Å². The summed E-state index contributed by atoms with van der Waals surface area (Å²) in [6.07, 6.45) is 1.59. The molecule has 0 aromatic rings. The van der Waals surface area contributed by atoms with E-state index in [1.165, 1.54) is 16.7 Å². The molecule has 0 radical (unpaired) electrons. The lowest BCUT2D eigenvalue weighted by Gasteiger charge is -2.10. The second-order valence-corrected chi connectivity index (χ2v) is 2.91. The highest BCUT2D eigenvalue weighted by Crippen LogP contribution is 2.18. The fraction of sp³-hybridized carbons (Fsp3) is 0.333. The van der Waals surface area contributed by atoms with E-state index in [-0.39, 0.29) is 5.91 Å². The maximum Gasteiger partial charge on any atom is 0.239 e. The van der Waals surface area contributed by atoms with Crippen LogP contribution >= 0.6 is 11.8 Å². The Bertz CT molecular complexity index is 215. The van der Waals surface area contributed by atoms with Gasteiger partial charge in [-0.15, -0.1) is 6.58 Å². The Morgan fingerprint density at radius 2 is 2.64 bits per heavy atom. The van der Waals surface area contributed by atoms with Crippen molar-refractivity contribution >= 4 is 22.8 Å². The smallest absolute Gasteiger partial charge is 0.239 e. The zero-order valence-corrected chi connectivity index (χ0v) is 6.67. The Balaban J connectivity index is 2.71. The second kappa shape index (κ2) is 3.43. The molecule has 0 aliphatic carbocycles. The lowest BCUT2D eigenvalue weighted by molar-refractivity contribution is -0.123. The summed E-state index contributed by atoms with van der Waals surface area (Å²) >= 11 is 1.23. The Hall–Kier alpha value is -0.970. The molecule has 0 atom stereocenters. The van der Waals surface area contributed by atoms with Crippen LogP contribution < -0.4 is 0 Å². The first-order valence-electron chi connectivity index (χ1n) is 3.05. The molecule has 4 nitrogen and oxygen atoms in total. The number of hydrogen-bond donors (Lipinski definition) is 1. The van der Waals surface area contributed by atoms with Gasteiger partial charge in [-0.05, 0) is 0 Å². The van der Waals surface area contributed by atoms with Crippen molar-refractivity contribution in [1.82, 2.24) is 4.90 Å². The summed E-state index contributed by atoms with van der Waals surface area (Å²) < 4.78 is 0. The third-order valence-corrected chi connectivity index (χ3v) is 2.21. The molecule has 1 fully saturated rings. The molecule has 0 bridgehead atoms. The van der Waals surface area contributed by atoms with Gasteiger partial charge in [0.05, 0.1) is 5.75 Å². The molecule has 60 valence electrons. The van der Waals surface area contributed by atoms with Gasteiger partial charge < -0.3 is 5.21 Å². The predicted octanol–water partition coefficient (Wildman–Crippen LogP) is 0.493. The number of carbonyl (C=O) groups is 1. The predicted molar refractivity (Wildman–Crippen MR) is 43.6 cm³/mol. The summed E-state index contributed by atoms with van der Waals surface area (Å²) in [5, 5.41) is 11.8. The van der Waals surface area contributed by atoms with E-state index in [0.717, 1.165) is 0 Å². The van der Waals surface area contributed by atoms with Gasteiger partial charge in [0.25, 0.3) is 0 Å². The minimum Gasteiger partial charge on any atom is -0.409 e. The second-order valence-electron chi connectivity index (χ2n) is 1.96.